The Bertz CT molecular complexity index is 487. The van der Waals surface area contributed by atoms with Crippen molar-refractivity contribution in [1.82, 2.24) is 25.4 Å². The van der Waals surface area contributed by atoms with Gasteiger partial charge in [-0.2, -0.15) is 13.2 Å². The molecule has 1 unspecified atom stereocenters. The molecule has 9 heteroatoms. The minimum atomic E-state index is -4.58. The van der Waals surface area contributed by atoms with Crippen LogP contribution in [0.4, 0.5) is 13.2 Å². The zero-order valence-corrected chi connectivity index (χ0v) is 11.7. The number of nitrogens with zero attached hydrogens (tertiary/aromatic N) is 3. The predicted molar refractivity (Wildman–Crippen MR) is 68.1 cm³/mol. The molecule has 0 saturated carbocycles. The van der Waals surface area contributed by atoms with Crippen molar-refractivity contribution < 1.29 is 18.0 Å². The van der Waals surface area contributed by atoms with Gasteiger partial charge in [-0.05, 0) is 26.4 Å². The first-order valence-corrected chi connectivity index (χ1v) is 6.81. The van der Waals surface area contributed by atoms with Crippen molar-refractivity contribution in [3.63, 3.8) is 0 Å². The molecule has 0 spiro atoms. The number of aromatic amines is 1. The van der Waals surface area contributed by atoms with Crippen LogP contribution < -0.4 is 5.32 Å². The average molecular weight is 305 g/mol. The summed E-state index contributed by atoms with van der Waals surface area (Å²) in [5.41, 5.74) is 0. The van der Waals surface area contributed by atoms with Crippen molar-refractivity contribution in [3.05, 3.63) is 11.6 Å². The van der Waals surface area contributed by atoms with Crippen LogP contribution >= 0.6 is 0 Å². The third-order valence-corrected chi connectivity index (χ3v) is 3.58. The predicted octanol–water partition coefficient (Wildman–Crippen LogP) is 1.31. The summed E-state index contributed by atoms with van der Waals surface area (Å²) in [6.45, 7) is 0.882. The van der Waals surface area contributed by atoms with Crippen LogP contribution in [-0.2, 0) is 17.5 Å². The quantitative estimate of drug-likeness (QED) is 0.880. The molecule has 0 aliphatic carbocycles. The highest BCUT2D eigenvalue weighted by Crippen LogP contribution is 2.25. The Labute approximate surface area is 120 Å². The first-order valence-electron chi connectivity index (χ1n) is 6.81. The van der Waals surface area contributed by atoms with Crippen LogP contribution in [0.2, 0.25) is 0 Å². The molecule has 6 nitrogen and oxygen atoms in total. The molecule has 1 aromatic rings. The molecule has 1 atom stereocenters. The highest BCUT2D eigenvalue weighted by atomic mass is 19.4. The van der Waals surface area contributed by atoms with Crippen LogP contribution in [0.5, 0.6) is 0 Å². The van der Waals surface area contributed by atoms with E-state index in [-0.39, 0.29) is 24.3 Å². The minimum absolute atomic E-state index is 0.00678. The Hall–Kier alpha value is -1.64. The lowest BCUT2D eigenvalue weighted by Crippen LogP contribution is -2.40. The van der Waals surface area contributed by atoms with Crippen LogP contribution in [0.1, 0.15) is 37.3 Å². The second-order valence-electron chi connectivity index (χ2n) is 5.21. The second kappa shape index (κ2) is 6.42. The maximum absolute atomic E-state index is 12.3. The van der Waals surface area contributed by atoms with Gasteiger partial charge in [-0.1, -0.05) is 6.42 Å². The summed E-state index contributed by atoms with van der Waals surface area (Å²) in [6.07, 6.45) is -1.04. The number of alkyl halides is 3. The van der Waals surface area contributed by atoms with E-state index in [2.05, 4.69) is 25.4 Å². The van der Waals surface area contributed by atoms with Gasteiger partial charge in [0.05, 0.1) is 6.54 Å². The lowest BCUT2D eigenvalue weighted by Gasteiger charge is -2.31. The fourth-order valence-electron chi connectivity index (χ4n) is 2.37. The van der Waals surface area contributed by atoms with Gasteiger partial charge in [0.1, 0.15) is 5.82 Å². The summed E-state index contributed by atoms with van der Waals surface area (Å²) < 4.78 is 36.9. The first kappa shape index (κ1) is 15.7. The SMILES string of the molecule is CN1CCCCC1CC(=O)NCc1nc(C(F)(F)F)n[nH]1. The van der Waals surface area contributed by atoms with Crippen LogP contribution in [-0.4, -0.2) is 45.6 Å². The van der Waals surface area contributed by atoms with Crippen LogP contribution in [0, 0.1) is 0 Å². The number of carbonyl (C=O) groups is 1. The number of hydrogen-bond donors (Lipinski definition) is 2. The fourth-order valence-corrected chi connectivity index (χ4v) is 2.37. The monoisotopic (exact) mass is 305 g/mol. The number of aromatic nitrogens is 3. The molecule has 0 bridgehead atoms. The largest absolute Gasteiger partial charge is 0.453 e. The Morgan fingerprint density at radius 1 is 1.48 bits per heavy atom. The third kappa shape index (κ3) is 4.42. The fraction of sp³-hybridized carbons (Fsp3) is 0.750. The van der Waals surface area contributed by atoms with E-state index < -0.39 is 12.0 Å². The summed E-state index contributed by atoms with van der Waals surface area (Å²) in [7, 11) is 1.98. The molecule has 1 fully saturated rings. The van der Waals surface area contributed by atoms with E-state index in [4.69, 9.17) is 0 Å². The van der Waals surface area contributed by atoms with E-state index in [9.17, 15) is 18.0 Å². The number of nitrogens with one attached hydrogen (secondary N) is 2. The van der Waals surface area contributed by atoms with E-state index in [1.54, 1.807) is 0 Å². The molecule has 0 radical (unpaired) electrons. The maximum Gasteiger partial charge on any atom is 0.453 e. The summed E-state index contributed by atoms with van der Waals surface area (Å²) in [6, 6.07) is 0.194. The number of carbonyl (C=O) groups excluding carboxylic acids is 1. The summed E-state index contributed by atoms with van der Waals surface area (Å²) in [4.78, 5) is 17.2. The molecule has 2 N–H and O–H groups in total. The Balaban J connectivity index is 1.80. The molecule has 2 heterocycles. The lowest BCUT2D eigenvalue weighted by atomic mass is 10.00. The lowest BCUT2D eigenvalue weighted by molar-refractivity contribution is -0.144. The van der Waals surface area contributed by atoms with Gasteiger partial charge in [-0.3, -0.25) is 9.89 Å². The molecule has 1 saturated heterocycles. The van der Waals surface area contributed by atoms with Gasteiger partial charge < -0.3 is 10.2 Å². The molecule has 118 valence electrons. The van der Waals surface area contributed by atoms with Crippen molar-refractivity contribution >= 4 is 5.91 Å². The number of hydrogen-bond acceptors (Lipinski definition) is 4. The first-order chi connectivity index (χ1) is 9.86. The highest BCUT2D eigenvalue weighted by Gasteiger charge is 2.36. The van der Waals surface area contributed by atoms with Crippen molar-refractivity contribution in [1.29, 1.82) is 0 Å². The van der Waals surface area contributed by atoms with Crippen molar-refractivity contribution in [2.45, 2.75) is 44.4 Å². The maximum atomic E-state index is 12.3. The topological polar surface area (TPSA) is 73.9 Å². The Morgan fingerprint density at radius 3 is 2.86 bits per heavy atom. The van der Waals surface area contributed by atoms with Crippen molar-refractivity contribution in [2.75, 3.05) is 13.6 Å². The summed E-state index contributed by atoms with van der Waals surface area (Å²) in [5, 5.41) is 7.81. The van der Waals surface area contributed by atoms with Gasteiger partial charge >= 0.3 is 6.18 Å². The standard InChI is InChI=1S/C12H18F3N5O/c1-20-5-3-2-4-8(20)6-10(21)16-7-9-17-11(19-18-9)12(13,14)15/h8H,2-7H2,1H3,(H,16,21)(H,17,18,19). The van der Waals surface area contributed by atoms with Crippen LogP contribution in [0.3, 0.4) is 0 Å². The normalized spacial score (nSPS) is 20.5. The average Bonchev–Trinajstić information content (AvgIpc) is 2.88. The Morgan fingerprint density at radius 2 is 2.24 bits per heavy atom. The zero-order valence-electron chi connectivity index (χ0n) is 11.7. The highest BCUT2D eigenvalue weighted by molar-refractivity contribution is 5.76. The third-order valence-electron chi connectivity index (χ3n) is 3.58. The van der Waals surface area contributed by atoms with E-state index in [0.29, 0.717) is 6.42 Å². The molecule has 1 aliphatic rings. The molecule has 2 rings (SSSR count). The number of rotatable bonds is 4. The van der Waals surface area contributed by atoms with Crippen LogP contribution in [0.15, 0.2) is 0 Å². The summed E-state index contributed by atoms with van der Waals surface area (Å²) in [5.74, 6) is -1.43. The van der Waals surface area contributed by atoms with Crippen molar-refractivity contribution in [3.8, 4) is 0 Å². The number of H-pyrrole nitrogens is 1. The van der Waals surface area contributed by atoms with Gasteiger partial charge in [0.15, 0.2) is 0 Å². The minimum Gasteiger partial charge on any atom is -0.349 e. The van der Waals surface area contributed by atoms with Gasteiger partial charge in [0.2, 0.25) is 5.91 Å². The molecule has 0 aromatic carbocycles. The number of halogens is 3. The van der Waals surface area contributed by atoms with Gasteiger partial charge in [0.25, 0.3) is 5.82 Å². The number of amides is 1. The van der Waals surface area contributed by atoms with E-state index >= 15 is 0 Å². The van der Waals surface area contributed by atoms with Gasteiger partial charge in [0, 0.05) is 12.5 Å². The summed E-state index contributed by atoms with van der Waals surface area (Å²) >= 11 is 0. The van der Waals surface area contributed by atoms with Gasteiger partial charge in [-0.25, -0.2) is 4.98 Å². The number of likely N-dealkylation sites (tertiary alicyclic amines) is 1. The second-order valence-corrected chi connectivity index (χ2v) is 5.21. The van der Waals surface area contributed by atoms with E-state index in [1.165, 1.54) is 0 Å². The zero-order chi connectivity index (χ0) is 15.5. The number of piperidine rings is 1. The molecule has 1 aromatic heterocycles. The van der Waals surface area contributed by atoms with E-state index in [0.717, 1.165) is 25.8 Å². The van der Waals surface area contributed by atoms with Crippen molar-refractivity contribution in [2.24, 2.45) is 0 Å². The Kier molecular flexibility index (Phi) is 4.81. The smallest absolute Gasteiger partial charge is 0.349 e. The molecule has 21 heavy (non-hydrogen) atoms. The van der Waals surface area contributed by atoms with E-state index in [1.807, 2.05) is 7.05 Å². The van der Waals surface area contributed by atoms with Crippen LogP contribution in [0.25, 0.3) is 0 Å². The molecule has 1 aliphatic heterocycles. The molecular formula is C12H18F3N5O. The van der Waals surface area contributed by atoms with Gasteiger partial charge in [-0.15, -0.1) is 5.10 Å². The molecular weight excluding hydrogens is 287 g/mol. The molecule has 1 amide bonds.